The van der Waals surface area contributed by atoms with Gasteiger partial charge in [0.15, 0.2) is 6.04 Å². The van der Waals surface area contributed by atoms with Gasteiger partial charge in [0.25, 0.3) is 0 Å². The van der Waals surface area contributed by atoms with E-state index in [0.717, 1.165) is 11.8 Å². The average Bonchev–Trinajstić information content (AvgIpc) is 2.67. The van der Waals surface area contributed by atoms with Crippen LogP contribution in [0.25, 0.3) is 0 Å². The molecule has 1 unspecified atom stereocenters. The Morgan fingerprint density at radius 1 is 1.28 bits per heavy atom. The molecule has 1 N–H and O–H groups in total. The molecule has 1 aliphatic heterocycles. The van der Waals surface area contributed by atoms with Gasteiger partial charge in [-0.3, -0.25) is 4.79 Å². The van der Waals surface area contributed by atoms with Gasteiger partial charge in [0.2, 0.25) is 0 Å². The second-order valence-electron chi connectivity index (χ2n) is 5.74. The van der Waals surface area contributed by atoms with Crippen LogP contribution in [0.3, 0.4) is 0 Å². The van der Waals surface area contributed by atoms with Crippen molar-refractivity contribution in [3.63, 3.8) is 0 Å². The summed E-state index contributed by atoms with van der Waals surface area (Å²) in [6.45, 7) is 1.29. The molecule has 0 bridgehead atoms. The highest BCUT2D eigenvalue weighted by Crippen LogP contribution is 2.32. The monoisotopic (exact) mass is 341 g/mol. The second kappa shape index (κ2) is 7.81. The zero-order valence-electron chi connectivity index (χ0n) is 13.6. The third-order valence-electron chi connectivity index (χ3n) is 4.08. The minimum atomic E-state index is -0.967. The number of ether oxygens (including phenoxy) is 2. The summed E-state index contributed by atoms with van der Waals surface area (Å²) in [6, 6.07) is 13.9. The van der Waals surface area contributed by atoms with E-state index in [-0.39, 0.29) is 6.61 Å². The minimum absolute atomic E-state index is 0.0960. The van der Waals surface area contributed by atoms with Crippen molar-refractivity contribution in [2.45, 2.75) is 12.6 Å². The standard InChI is InChI=1S/C19H19NO5/c21-11-15-6-7-18(25-12-14-4-2-1-3-5-14)16(10-15)20-8-9-24-13-17(20)19(22)23/h1-7,10-11,17H,8-9,12-13H2,(H,22,23). The maximum absolute atomic E-state index is 11.6. The molecule has 1 atom stereocenters. The topological polar surface area (TPSA) is 76.1 Å². The first-order valence-corrected chi connectivity index (χ1v) is 8.02. The lowest BCUT2D eigenvalue weighted by Gasteiger charge is -2.35. The fraction of sp³-hybridized carbons (Fsp3) is 0.263. The van der Waals surface area contributed by atoms with E-state index in [1.165, 1.54) is 0 Å². The van der Waals surface area contributed by atoms with Crippen LogP contribution in [0.2, 0.25) is 0 Å². The molecule has 0 spiro atoms. The molecule has 1 aliphatic rings. The number of carboxylic acid groups (broad SMARTS) is 1. The molecule has 2 aromatic carbocycles. The van der Waals surface area contributed by atoms with Crippen molar-refractivity contribution in [2.24, 2.45) is 0 Å². The number of anilines is 1. The highest BCUT2D eigenvalue weighted by atomic mass is 16.5. The van der Waals surface area contributed by atoms with E-state index in [4.69, 9.17) is 9.47 Å². The predicted octanol–water partition coefficient (Wildman–Crippen LogP) is 2.37. The number of carboxylic acids is 1. The molecule has 0 aliphatic carbocycles. The molecule has 0 amide bonds. The summed E-state index contributed by atoms with van der Waals surface area (Å²) in [7, 11) is 0. The molecule has 3 rings (SSSR count). The zero-order valence-corrected chi connectivity index (χ0v) is 13.6. The molecule has 1 saturated heterocycles. The van der Waals surface area contributed by atoms with Crippen molar-refractivity contribution >= 4 is 17.9 Å². The quantitative estimate of drug-likeness (QED) is 0.813. The molecule has 25 heavy (non-hydrogen) atoms. The summed E-state index contributed by atoms with van der Waals surface area (Å²) in [6.07, 6.45) is 0.737. The minimum Gasteiger partial charge on any atom is -0.487 e. The lowest BCUT2D eigenvalue weighted by atomic mass is 10.1. The van der Waals surface area contributed by atoms with Crippen LogP contribution >= 0.6 is 0 Å². The Balaban J connectivity index is 1.89. The van der Waals surface area contributed by atoms with Gasteiger partial charge in [-0.15, -0.1) is 0 Å². The van der Waals surface area contributed by atoms with Crippen molar-refractivity contribution in [1.29, 1.82) is 0 Å². The smallest absolute Gasteiger partial charge is 0.328 e. The summed E-state index contributed by atoms with van der Waals surface area (Å²) < 4.78 is 11.2. The van der Waals surface area contributed by atoms with E-state index < -0.39 is 12.0 Å². The number of benzene rings is 2. The molecule has 1 heterocycles. The number of morpholine rings is 1. The number of carbonyl (C=O) groups is 2. The highest BCUT2D eigenvalue weighted by Gasteiger charge is 2.31. The third kappa shape index (κ3) is 3.97. The van der Waals surface area contributed by atoms with Crippen LogP contribution in [0.4, 0.5) is 5.69 Å². The Morgan fingerprint density at radius 3 is 2.80 bits per heavy atom. The number of hydrogen-bond donors (Lipinski definition) is 1. The molecular weight excluding hydrogens is 322 g/mol. The van der Waals surface area contributed by atoms with Crippen LogP contribution in [0.15, 0.2) is 48.5 Å². The first kappa shape index (κ1) is 17.0. The van der Waals surface area contributed by atoms with Crippen molar-refractivity contribution in [2.75, 3.05) is 24.7 Å². The lowest BCUT2D eigenvalue weighted by Crippen LogP contribution is -2.50. The average molecular weight is 341 g/mol. The van der Waals surface area contributed by atoms with Gasteiger partial charge in [-0.25, -0.2) is 4.79 Å². The van der Waals surface area contributed by atoms with Crippen LogP contribution in [0.5, 0.6) is 5.75 Å². The van der Waals surface area contributed by atoms with Gasteiger partial charge in [0.1, 0.15) is 18.6 Å². The van der Waals surface area contributed by atoms with E-state index in [1.54, 1.807) is 23.1 Å². The van der Waals surface area contributed by atoms with Crippen LogP contribution in [0, 0.1) is 0 Å². The van der Waals surface area contributed by atoms with E-state index in [1.807, 2.05) is 30.3 Å². The number of nitrogens with zero attached hydrogens (tertiary/aromatic N) is 1. The van der Waals surface area contributed by atoms with Crippen molar-refractivity contribution in [1.82, 2.24) is 0 Å². The van der Waals surface area contributed by atoms with Gasteiger partial charge < -0.3 is 19.5 Å². The first-order valence-electron chi connectivity index (χ1n) is 8.02. The first-order chi connectivity index (χ1) is 12.2. The molecule has 2 aromatic rings. The Labute approximate surface area is 145 Å². The molecule has 0 aromatic heterocycles. The maximum atomic E-state index is 11.6. The molecule has 0 radical (unpaired) electrons. The Morgan fingerprint density at radius 2 is 2.08 bits per heavy atom. The molecule has 6 nitrogen and oxygen atoms in total. The van der Waals surface area contributed by atoms with Crippen molar-refractivity contribution < 1.29 is 24.2 Å². The Kier molecular flexibility index (Phi) is 5.30. The fourth-order valence-corrected chi connectivity index (χ4v) is 2.79. The lowest BCUT2D eigenvalue weighted by molar-refractivity contribution is -0.141. The molecule has 6 heteroatoms. The summed E-state index contributed by atoms with van der Waals surface area (Å²) in [5, 5.41) is 9.46. The number of hydrogen-bond acceptors (Lipinski definition) is 5. The number of rotatable bonds is 6. The van der Waals surface area contributed by atoms with Crippen LogP contribution in [-0.4, -0.2) is 43.2 Å². The molecule has 130 valence electrons. The predicted molar refractivity (Wildman–Crippen MR) is 92.2 cm³/mol. The SMILES string of the molecule is O=Cc1ccc(OCc2ccccc2)c(N2CCOCC2C(=O)O)c1. The van der Waals surface area contributed by atoms with E-state index in [2.05, 4.69) is 0 Å². The second-order valence-corrected chi connectivity index (χ2v) is 5.74. The summed E-state index contributed by atoms with van der Waals surface area (Å²) in [5.74, 6) is -0.423. The summed E-state index contributed by atoms with van der Waals surface area (Å²) >= 11 is 0. The summed E-state index contributed by atoms with van der Waals surface area (Å²) in [4.78, 5) is 24.4. The van der Waals surface area contributed by atoms with Crippen LogP contribution < -0.4 is 9.64 Å². The van der Waals surface area contributed by atoms with E-state index >= 15 is 0 Å². The van der Waals surface area contributed by atoms with Gasteiger partial charge in [-0.2, -0.15) is 0 Å². The van der Waals surface area contributed by atoms with E-state index in [9.17, 15) is 14.7 Å². The number of aldehydes is 1. The zero-order chi connectivity index (χ0) is 17.6. The van der Waals surface area contributed by atoms with Gasteiger partial charge in [-0.05, 0) is 23.8 Å². The Hall–Kier alpha value is -2.86. The van der Waals surface area contributed by atoms with Gasteiger partial charge in [-0.1, -0.05) is 30.3 Å². The third-order valence-corrected chi connectivity index (χ3v) is 4.08. The summed E-state index contributed by atoms with van der Waals surface area (Å²) in [5.41, 5.74) is 2.07. The maximum Gasteiger partial charge on any atom is 0.328 e. The van der Waals surface area contributed by atoms with Gasteiger partial charge in [0.05, 0.1) is 18.9 Å². The Bertz CT molecular complexity index is 747. The molecular formula is C19H19NO5. The number of aliphatic carboxylic acids is 1. The fourth-order valence-electron chi connectivity index (χ4n) is 2.79. The van der Waals surface area contributed by atoms with Gasteiger partial charge >= 0.3 is 5.97 Å². The van der Waals surface area contributed by atoms with Crippen molar-refractivity contribution in [3.8, 4) is 5.75 Å². The van der Waals surface area contributed by atoms with E-state index in [0.29, 0.717) is 36.8 Å². The van der Waals surface area contributed by atoms with Gasteiger partial charge in [0, 0.05) is 12.1 Å². The molecule has 0 saturated carbocycles. The highest BCUT2D eigenvalue weighted by molar-refractivity contribution is 5.83. The van der Waals surface area contributed by atoms with Crippen LogP contribution in [-0.2, 0) is 16.1 Å². The van der Waals surface area contributed by atoms with Crippen molar-refractivity contribution in [3.05, 3.63) is 59.7 Å². The largest absolute Gasteiger partial charge is 0.487 e. The van der Waals surface area contributed by atoms with Crippen LogP contribution in [0.1, 0.15) is 15.9 Å². The molecule has 1 fully saturated rings. The number of carbonyl (C=O) groups excluding carboxylic acids is 1. The normalized spacial score (nSPS) is 17.1.